The Morgan fingerprint density at radius 1 is 1.27 bits per heavy atom. The van der Waals surface area contributed by atoms with Crippen LogP contribution in [0.15, 0.2) is 28.7 Å². The van der Waals surface area contributed by atoms with E-state index in [2.05, 4.69) is 35.0 Å². The molecule has 0 aliphatic rings. The second-order valence-corrected chi connectivity index (χ2v) is 4.28. The Balaban J connectivity index is 2.65. The van der Waals surface area contributed by atoms with E-state index in [0.29, 0.717) is 6.61 Å². The summed E-state index contributed by atoms with van der Waals surface area (Å²) in [5.41, 5.74) is 1.16. The van der Waals surface area contributed by atoms with Crippen LogP contribution in [0.1, 0.15) is 25.0 Å². The van der Waals surface area contributed by atoms with Gasteiger partial charge in [-0.1, -0.05) is 35.0 Å². The first-order valence-electron chi connectivity index (χ1n) is 5.14. The third-order valence-corrected chi connectivity index (χ3v) is 2.61. The standard InChI is InChI=1S/C12H17BrO2/c1-3-8-15-12(9-14-2)10-4-6-11(13)7-5-10/h4-7,12H,3,8-9H2,1-2H3/t12-/m0/s1. The topological polar surface area (TPSA) is 18.5 Å². The van der Waals surface area contributed by atoms with E-state index in [-0.39, 0.29) is 6.10 Å². The van der Waals surface area contributed by atoms with Crippen LogP contribution >= 0.6 is 15.9 Å². The zero-order valence-corrected chi connectivity index (χ0v) is 10.8. The summed E-state index contributed by atoms with van der Waals surface area (Å²) in [7, 11) is 1.70. The fourth-order valence-electron chi connectivity index (χ4n) is 1.33. The lowest BCUT2D eigenvalue weighted by Crippen LogP contribution is -2.11. The fourth-order valence-corrected chi connectivity index (χ4v) is 1.59. The van der Waals surface area contributed by atoms with Crippen molar-refractivity contribution in [3.8, 4) is 0 Å². The van der Waals surface area contributed by atoms with Crippen molar-refractivity contribution in [2.75, 3.05) is 20.3 Å². The molecule has 0 unspecified atom stereocenters. The lowest BCUT2D eigenvalue weighted by molar-refractivity contribution is -0.00302. The van der Waals surface area contributed by atoms with E-state index in [1.165, 1.54) is 0 Å². The van der Waals surface area contributed by atoms with Gasteiger partial charge in [0.05, 0.1) is 6.61 Å². The summed E-state index contributed by atoms with van der Waals surface area (Å²) in [6, 6.07) is 8.16. The van der Waals surface area contributed by atoms with E-state index in [1.54, 1.807) is 7.11 Å². The Bertz CT molecular complexity index is 271. The van der Waals surface area contributed by atoms with Gasteiger partial charge in [0.1, 0.15) is 6.10 Å². The number of benzene rings is 1. The highest BCUT2D eigenvalue weighted by atomic mass is 79.9. The molecule has 0 aliphatic heterocycles. The average molecular weight is 273 g/mol. The SMILES string of the molecule is CCCO[C@@H](COC)c1ccc(Br)cc1. The molecule has 0 radical (unpaired) electrons. The summed E-state index contributed by atoms with van der Waals surface area (Å²) in [5, 5.41) is 0. The second kappa shape index (κ2) is 6.99. The summed E-state index contributed by atoms with van der Waals surface area (Å²) in [6.45, 7) is 3.47. The highest BCUT2D eigenvalue weighted by molar-refractivity contribution is 9.10. The highest BCUT2D eigenvalue weighted by Crippen LogP contribution is 2.20. The maximum Gasteiger partial charge on any atom is 0.106 e. The van der Waals surface area contributed by atoms with E-state index in [0.717, 1.165) is 23.1 Å². The van der Waals surface area contributed by atoms with Crippen molar-refractivity contribution in [2.24, 2.45) is 0 Å². The molecule has 2 nitrogen and oxygen atoms in total. The predicted molar refractivity (Wildman–Crippen MR) is 65.0 cm³/mol. The van der Waals surface area contributed by atoms with Crippen LogP contribution in [0.3, 0.4) is 0 Å². The summed E-state index contributed by atoms with van der Waals surface area (Å²) in [5.74, 6) is 0. The van der Waals surface area contributed by atoms with E-state index in [1.807, 2.05) is 12.1 Å². The van der Waals surface area contributed by atoms with E-state index < -0.39 is 0 Å². The molecule has 1 rings (SSSR count). The highest BCUT2D eigenvalue weighted by Gasteiger charge is 2.10. The number of ether oxygens (including phenoxy) is 2. The molecule has 3 heteroatoms. The van der Waals surface area contributed by atoms with Gasteiger partial charge in [-0.05, 0) is 24.1 Å². The zero-order valence-electron chi connectivity index (χ0n) is 9.20. The molecule has 0 spiro atoms. The van der Waals surface area contributed by atoms with Crippen molar-refractivity contribution in [2.45, 2.75) is 19.4 Å². The maximum absolute atomic E-state index is 5.72. The average Bonchev–Trinajstić information content (AvgIpc) is 2.25. The molecule has 0 fully saturated rings. The molecule has 1 aromatic carbocycles. The normalized spacial score (nSPS) is 12.7. The third kappa shape index (κ3) is 4.33. The number of methoxy groups -OCH3 is 1. The summed E-state index contributed by atoms with van der Waals surface area (Å²) >= 11 is 3.41. The molecule has 0 saturated heterocycles. The fraction of sp³-hybridized carbons (Fsp3) is 0.500. The Morgan fingerprint density at radius 3 is 2.47 bits per heavy atom. The minimum atomic E-state index is 0.0445. The molecular weight excluding hydrogens is 256 g/mol. The zero-order chi connectivity index (χ0) is 11.1. The van der Waals surface area contributed by atoms with Gasteiger partial charge < -0.3 is 9.47 Å². The summed E-state index contributed by atoms with van der Waals surface area (Å²) in [6.07, 6.45) is 1.07. The molecule has 1 aromatic rings. The van der Waals surface area contributed by atoms with Crippen LogP contribution < -0.4 is 0 Å². The molecular formula is C12H17BrO2. The van der Waals surface area contributed by atoms with Gasteiger partial charge in [-0.25, -0.2) is 0 Å². The predicted octanol–water partition coefficient (Wildman–Crippen LogP) is 3.56. The van der Waals surface area contributed by atoms with Crippen LogP contribution in [0.5, 0.6) is 0 Å². The van der Waals surface area contributed by atoms with Crippen LogP contribution in [0.2, 0.25) is 0 Å². The maximum atomic E-state index is 5.72. The Labute approximate surface area is 99.7 Å². The van der Waals surface area contributed by atoms with Crippen molar-refractivity contribution >= 4 is 15.9 Å². The van der Waals surface area contributed by atoms with Gasteiger partial charge in [-0.15, -0.1) is 0 Å². The molecule has 0 N–H and O–H groups in total. The molecule has 0 bridgehead atoms. The van der Waals surface area contributed by atoms with Crippen LogP contribution in [-0.4, -0.2) is 20.3 Å². The van der Waals surface area contributed by atoms with E-state index >= 15 is 0 Å². The summed E-state index contributed by atoms with van der Waals surface area (Å²) < 4.78 is 11.9. The van der Waals surface area contributed by atoms with Crippen molar-refractivity contribution in [1.29, 1.82) is 0 Å². The Morgan fingerprint density at radius 2 is 1.93 bits per heavy atom. The molecule has 0 heterocycles. The van der Waals surface area contributed by atoms with E-state index in [4.69, 9.17) is 9.47 Å². The third-order valence-electron chi connectivity index (χ3n) is 2.08. The van der Waals surface area contributed by atoms with Gasteiger partial charge in [0.2, 0.25) is 0 Å². The largest absolute Gasteiger partial charge is 0.382 e. The smallest absolute Gasteiger partial charge is 0.106 e. The first-order valence-corrected chi connectivity index (χ1v) is 5.93. The molecule has 0 aliphatic carbocycles. The Kier molecular flexibility index (Phi) is 5.91. The lowest BCUT2D eigenvalue weighted by Gasteiger charge is -2.17. The van der Waals surface area contributed by atoms with Crippen molar-refractivity contribution in [3.05, 3.63) is 34.3 Å². The van der Waals surface area contributed by atoms with Gasteiger partial charge >= 0.3 is 0 Å². The van der Waals surface area contributed by atoms with Gasteiger partial charge in [0.15, 0.2) is 0 Å². The molecule has 0 amide bonds. The van der Waals surface area contributed by atoms with Crippen LogP contribution in [0.25, 0.3) is 0 Å². The molecule has 84 valence electrons. The lowest BCUT2D eigenvalue weighted by atomic mass is 10.1. The van der Waals surface area contributed by atoms with Gasteiger partial charge in [-0.2, -0.15) is 0 Å². The number of hydrogen-bond acceptors (Lipinski definition) is 2. The van der Waals surface area contributed by atoms with Crippen molar-refractivity contribution in [3.63, 3.8) is 0 Å². The van der Waals surface area contributed by atoms with Gasteiger partial charge in [-0.3, -0.25) is 0 Å². The van der Waals surface area contributed by atoms with Crippen LogP contribution in [0.4, 0.5) is 0 Å². The second-order valence-electron chi connectivity index (χ2n) is 3.37. The minimum Gasteiger partial charge on any atom is -0.382 e. The number of rotatable bonds is 6. The van der Waals surface area contributed by atoms with Crippen molar-refractivity contribution < 1.29 is 9.47 Å². The monoisotopic (exact) mass is 272 g/mol. The number of hydrogen-bond donors (Lipinski definition) is 0. The van der Waals surface area contributed by atoms with Gasteiger partial charge in [0.25, 0.3) is 0 Å². The summed E-state index contributed by atoms with van der Waals surface area (Å²) in [4.78, 5) is 0. The van der Waals surface area contributed by atoms with Gasteiger partial charge in [0, 0.05) is 18.2 Å². The first-order chi connectivity index (χ1) is 7.27. The van der Waals surface area contributed by atoms with Crippen molar-refractivity contribution in [1.82, 2.24) is 0 Å². The van der Waals surface area contributed by atoms with E-state index in [9.17, 15) is 0 Å². The molecule has 0 aromatic heterocycles. The first kappa shape index (κ1) is 12.7. The van der Waals surface area contributed by atoms with Crippen LogP contribution in [0, 0.1) is 0 Å². The number of halogens is 1. The van der Waals surface area contributed by atoms with Crippen LogP contribution in [-0.2, 0) is 9.47 Å². The molecule has 15 heavy (non-hydrogen) atoms. The Hall–Kier alpha value is -0.380. The molecule has 1 atom stereocenters. The molecule has 0 saturated carbocycles. The minimum absolute atomic E-state index is 0.0445. The quantitative estimate of drug-likeness (QED) is 0.789.